The van der Waals surface area contributed by atoms with Crippen LogP contribution in [0.5, 0.6) is 5.75 Å². The molecule has 3 aliphatic carbocycles. The number of likely N-dealkylation sites (tertiary alicyclic amines) is 1. The van der Waals surface area contributed by atoms with Crippen molar-refractivity contribution in [2.75, 3.05) is 19.8 Å². The molecular weight excluding hydrogens is 552 g/mol. The molecule has 5 fully saturated rings. The van der Waals surface area contributed by atoms with Gasteiger partial charge in [-0.15, -0.1) is 0 Å². The SMILES string of the molecule is C[C@]12CC[C@H]3[C@@H](CC[C@@]4(C)[C@@H](Oc5ccccc5)[C@@H](OCCn5cncn5)CC[C@]34C)[C@@H]1CCCN2C(=O)[C@H]1CCCCO1. The molecule has 1 amide bonds. The number of hydrogen-bond donors (Lipinski definition) is 0. The number of piperidine rings is 1. The maximum absolute atomic E-state index is 13.9. The first-order valence-electron chi connectivity index (χ1n) is 17.4. The number of hydrogen-bond acceptors (Lipinski definition) is 6. The molecule has 1 aromatic carbocycles. The average molecular weight is 605 g/mol. The zero-order valence-corrected chi connectivity index (χ0v) is 27.0. The van der Waals surface area contributed by atoms with E-state index in [1.54, 1.807) is 12.7 Å². The third kappa shape index (κ3) is 5.08. The fraction of sp³-hybridized carbons (Fsp3) is 0.750. The Hall–Kier alpha value is -2.45. The lowest BCUT2D eigenvalue weighted by molar-refractivity contribution is -0.229. The van der Waals surface area contributed by atoms with Crippen LogP contribution in [-0.4, -0.2) is 69.2 Å². The highest BCUT2D eigenvalue weighted by Crippen LogP contribution is 2.68. The summed E-state index contributed by atoms with van der Waals surface area (Å²) < 4.78 is 21.5. The van der Waals surface area contributed by atoms with E-state index in [2.05, 4.69) is 66.1 Å². The Morgan fingerprint density at radius 3 is 2.57 bits per heavy atom. The van der Waals surface area contributed by atoms with Gasteiger partial charge >= 0.3 is 0 Å². The van der Waals surface area contributed by atoms with Crippen molar-refractivity contribution in [3.8, 4) is 5.75 Å². The minimum atomic E-state index is -0.236. The van der Waals surface area contributed by atoms with E-state index < -0.39 is 0 Å². The summed E-state index contributed by atoms with van der Waals surface area (Å²) in [6, 6.07) is 10.3. The van der Waals surface area contributed by atoms with Gasteiger partial charge in [0.1, 0.15) is 30.6 Å². The first-order valence-corrected chi connectivity index (χ1v) is 17.4. The molecule has 9 atom stereocenters. The maximum Gasteiger partial charge on any atom is 0.252 e. The van der Waals surface area contributed by atoms with Gasteiger partial charge in [0, 0.05) is 24.1 Å². The van der Waals surface area contributed by atoms with Crippen LogP contribution in [0, 0.1) is 28.6 Å². The maximum atomic E-state index is 13.9. The van der Waals surface area contributed by atoms with Crippen LogP contribution in [0.3, 0.4) is 0 Å². The minimum absolute atomic E-state index is 0.0198. The highest BCUT2D eigenvalue weighted by molar-refractivity contribution is 5.82. The van der Waals surface area contributed by atoms with Crippen molar-refractivity contribution in [1.82, 2.24) is 19.7 Å². The normalized spacial score (nSPS) is 40.4. The van der Waals surface area contributed by atoms with E-state index in [1.807, 2.05) is 4.68 Å². The van der Waals surface area contributed by atoms with Crippen molar-refractivity contribution in [3.63, 3.8) is 0 Å². The van der Waals surface area contributed by atoms with E-state index >= 15 is 0 Å². The summed E-state index contributed by atoms with van der Waals surface area (Å²) in [4.78, 5) is 20.3. The van der Waals surface area contributed by atoms with E-state index in [9.17, 15) is 4.79 Å². The second-order valence-electron chi connectivity index (χ2n) is 15.1. The van der Waals surface area contributed by atoms with Gasteiger partial charge in [0.05, 0.1) is 19.3 Å². The van der Waals surface area contributed by atoms with Crippen LogP contribution < -0.4 is 4.74 Å². The van der Waals surface area contributed by atoms with E-state index in [-0.39, 0.29) is 40.6 Å². The molecule has 0 radical (unpaired) electrons. The molecule has 0 spiro atoms. The number of aromatic nitrogens is 3. The van der Waals surface area contributed by atoms with Gasteiger partial charge in [-0.3, -0.25) is 9.48 Å². The van der Waals surface area contributed by atoms with Gasteiger partial charge in [-0.05, 0) is 113 Å². The Morgan fingerprint density at radius 2 is 1.80 bits per heavy atom. The van der Waals surface area contributed by atoms with Crippen molar-refractivity contribution in [3.05, 3.63) is 43.0 Å². The molecular formula is C36H52N4O4. The number of rotatable bonds is 7. The smallest absolute Gasteiger partial charge is 0.252 e. The Morgan fingerprint density at radius 1 is 0.955 bits per heavy atom. The number of carbonyl (C=O) groups excluding carboxylic acids is 1. The summed E-state index contributed by atoms with van der Waals surface area (Å²) in [5.41, 5.74) is 0.0538. The van der Waals surface area contributed by atoms with Crippen molar-refractivity contribution >= 4 is 5.91 Å². The Kier molecular flexibility index (Phi) is 8.28. The third-order valence-corrected chi connectivity index (χ3v) is 13.2. The van der Waals surface area contributed by atoms with Crippen molar-refractivity contribution < 1.29 is 19.0 Å². The zero-order chi connectivity index (χ0) is 30.4. The quantitative estimate of drug-likeness (QED) is 0.369. The van der Waals surface area contributed by atoms with Crippen LogP contribution in [-0.2, 0) is 20.8 Å². The lowest BCUT2D eigenvalue weighted by Crippen LogP contribution is -2.69. The predicted molar refractivity (Wildman–Crippen MR) is 168 cm³/mol. The third-order valence-electron chi connectivity index (χ3n) is 13.2. The average Bonchev–Trinajstić information content (AvgIpc) is 3.57. The summed E-state index contributed by atoms with van der Waals surface area (Å²) in [6.07, 6.45) is 15.2. The minimum Gasteiger partial charge on any atom is -0.487 e. The molecule has 8 heteroatoms. The molecule has 0 bridgehead atoms. The number of carbonyl (C=O) groups is 1. The van der Waals surface area contributed by atoms with Gasteiger partial charge in [-0.25, -0.2) is 4.98 Å². The fourth-order valence-electron chi connectivity index (χ4n) is 10.6. The second kappa shape index (κ2) is 12.1. The van der Waals surface area contributed by atoms with Crippen LogP contribution in [0.4, 0.5) is 0 Å². The lowest BCUT2D eigenvalue weighted by Gasteiger charge is -2.68. The second-order valence-corrected chi connectivity index (χ2v) is 15.1. The first kappa shape index (κ1) is 30.2. The molecule has 7 rings (SSSR count). The number of benzene rings is 1. The summed E-state index contributed by atoms with van der Waals surface area (Å²) in [5, 5.41) is 4.27. The fourth-order valence-corrected chi connectivity index (χ4v) is 10.6. The monoisotopic (exact) mass is 604 g/mol. The number of ether oxygens (including phenoxy) is 3. The lowest BCUT2D eigenvalue weighted by atomic mass is 9.40. The van der Waals surface area contributed by atoms with E-state index in [0.717, 1.165) is 70.3 Å². The van der Waals surface area contributed by atoms with Gasteiger partial charge in [-0.1, -0.05) is 32.0 Å². The molecule has 44 heavy (non-hydrogen) atoms. The summed E-state index contributed by atoms with van der Waals surface area (Å²) in [5.74, 6) is 3.00. The Balaban J connectivity index is 1.13. The van der Waals surface area contributed by atoms with Crippen molar-refractivity contribution in [1.29, 1.82) is 0 Å². The largest absolute Gasteiger partial charge is 0.487 e. The molecule has 8 nitrogen and oxygen atoms in total. The van der Waals surface area contributed by atoms with Crippen LogP contribution in [0.2, 0.25) is 0 Å². The van der Waals surface area contributed by atoms with Crippen molar-refractivity contribution in [2.45, 2.75) is 122 Å². The topological polar surface area (TPSA) is 78.7 Å². The molecule has 0 N–H and O–H groups in total. The summed E-state index contributed by atoms with van der Waals surface area (Å²) >= 11 is 0. The number of para-hydroxylation sites is 1. The molecule has 2 aliphatic heterocycles. The Labute approximate surface area is 263 Å². The van der Waals surface area contributed by atoms with E-state index in [0.29, 0.717) is 30.9 Å². The van der Waals surface area contributed by atoms with Gasteiger partial charge in [0.2, 0.25) is 0 Å². The standard InChI is InChI=1S/C36H52N4O4/c1-34-18-16-30(43-23-21-39-25-37-24-38-39)32(44-26-10-5-4-6-11-26)35(34,2)17-14-27-28(34)15-19-36(3)29(27)12-9-20-40(36)33(41)31-13-7-8-22-42-31/h4-6,10-11,24-25,27-32H,7-9,12-23H2,1-3H3/t27-,28+,29+,30+,31-,32+,34-,35+,36+/m1/s1. The van der Waals surface area contributed by atoms with Crippen LogP contribution in [0.15, 0.2) is 43.0 Å². The zero-order valence-electron chi connectivity index (χ0n) is 27.0. The molecule has 2 saturated heterocycles. The summed E-state index contributed by atoms with van der Waals surface area (Å²) in [6.45, 7) is 10.4. The van der Waals surface area contributed by atoms with Gasteiger partial charge in [-0.2, -0.15) is 5.10 Å². The summed E-state index contributed by atoms with van der Waals surface area (Å²) in [7, 11) is 0. The molecule has 1 aromatic heterocycles. The van der Waals surface area contributed by atoms with E-state index in [1.165, 1.54) is 19.3 Å². The van der Waals surface area contributed by atoms with E-state index in [4.69, 9.17) is 14.2 Å². The molecule has 240 valence electrons. The number of fused-ring (bicyclic) bond motifs is 5. The van der Waals surface area contributed by atoms with Gasteiger partial charge < -0.3 is 19.1 Å². The first-order chi connectivity index (χ1) is 21.3. The number of nitrogens with zero attached hydrogens (tertiary/aromatic N) is 4. The van der Waals surface area contributed by atoms with Crippen molar-refractivity contribution in [2.24, 2.45) is 28.6 Å². The molecule has 2 aromatic rings. The van der Waals surface area contributed by atoms with Crippen LogP contribution in [0.1, 0.15) is 91.4 Å². The highest BCUT2D eigenvalue weighted by Gasteiger charge is 2.66. The number of amides is 1. The molecule has 0 unspecified atom stereocenters. The molecule has 3 heterocycles. The highest BCUT2D eigenvalue weighted by atomic mass is 16.5. The molecule has 5 aliphatic rings. The predicted octanol–water partition coefficient (Wildman–Crippen LogP) is 6.30. The van der Waals surface area contributed by atoms with Gasteiger partial charge in [0.25, 0.3) is 5.91 Å². The van der Waals surface area contributed by atoms with Gasteiger partial charge in [0.15, 0.2) is 0 Å². The van der Waals surface area contributed by atoms with Crippen LogP contribution in [0.25, 0.3) is 0 Å². The van der Waals surface area contributed by atoms with Crippen LogP contribution >= 0.6 is 0 Å². The molecule has 3 saturated carbocycles. The Bertz CT molecular complexity index is 1270.